The van der Waals surface area contributed by atoms with E-state index in [1.54, 1.807) is 30.3 Å². The third-order valence-electron chi connectivity index (χ3n) is 6.88. The molecule has 0 bridgehead atoms. The number of halogens is 2. The molecule has 3 aromatic rings. The lowest BCUT2D eigenvalue weighted by Gasteiger charge is -2.39. The Morgan fingerprint density at radius 1 is 1.06 bits per heavy atom. The van der Waals surface area contributed by atoms with E-state index in [2.05, 4.69) is 33.4 Å². The molecule has 0 amide bonds. The van der Waals surface area contributed by atoms with E-state index in [0.29, 0.717) is 11.3 Å². The van der Waals surface area contributed by atoms with Crippen molar-refractivity contribution in [2.45, 2.75) is 40.8 Å². The van der Waals surface area contributed by atoms with Gasteiger partial charge in [-0.3, -0.25) is 20.2 Å². The summed E-state index contributed by atoms with van der Waals surface area (Å²) < 4.78 is 0.979. The van der Waals surface area contributed by atoms with Crippen LogP contribution in [0.2, 0.25) is 0 Å². The quantitative estimate of drug-likeness (QED) is 0.191. The number of nitrogens with one attached hydrogen (secondary N) is 1. The molecule has 7 nitrogen and oxygen atoms in total. The Kier molecular flexibility index (Phi) is 6.50. The number of nitro benzene ring substituents is 2. The van der Waals surface area contributed by atoms with Crippen LogP contribution in [0.4, 0.5) is 17.1 Å². The van der Waals surface area contributed by atoms with Gasteiger partial charge in [-0.2, -0.15) is 0 Å². The average molecular weight is 575 g/mol. The highest BCUT2D eigenvalue weighted by Crippen LogP contribution is 2.59. The van der Waals surface area contributed by atoms with E-state index in [4.69, 9.17) is 11.6 Å². The summed E-state index contributed by atoms with van der Waals surface area (Å²) in [7, 11) is 0. The molecule has 1 fully saturated rings. The van der Waals surface area contributed by atoms with Gasteiger partial charge in [0.1, 0.15) is 0 Å². The van der Waals surface area contributed by atoms with Gasteiger partial charge in [-0.1, -0.05) is 40.2 Å². The van der Waals surface area contributed by atoms with E-state index >= 15 is 0 Å². The number of benzene rings is 3. The van der Waals surface area contributed by atoms with Crippen LogP contribution in [0.1, 0.15) is 35.1 Å². The first kappa shape index (κ1) is 24.1. The van der Waals surface area contributed by atoms with Crippen LogP contribution in [0.5, 0.6) is 0 Å². The standard InChI is InChI=1S/C25H21BrClN3O4S/c1-13-10-16(29(31)32)11-17-22-18(25(28-24(13)17)14-6-8-15(26)9-7-14)12-21(23(22)27)35-20-5-3-2-4-19(20)30(33)34/h2-11,18,21-23,25,28H,12H2,1H3/t18-,21+,22+,23+,25-/m1/s1. The number of hydrogen-bond acceptors (Lipinski definition) is 6. The molecule has 35 heavy (non-hydrogen) atoms. The summed E-state index contributed by atoms with van der Waals surface area (Å²) in [6.07, 6.45) is 0.713. The second-order valence-electron chi connectivity index (χ2n) is 8.91. The zero-order valence-corrected chi connectivity index (χ0v) is 21.7. The zero-order chi connectivity index (χ0) is 24.9. The number of non-ortho nitro benzene ring substituents is 1. The van der Waals surface area contributed by atoms with Crippen molar-refractivity contribution in [3.05, 3.63) is 102 Å². The van der Waals surface area contributed by atoms with E-state index in [1.165, 1.54) is 17.8 Å². The molecule has 1 aliphatic carbocycles. The topological polar surface area (TPSA) is 98.3 Å². The first-order valence-electron chi connectivity index (χ1n) is 11.1. The van der Waals surface area contributed by atoms with Crippen LogP contribution >= 0.6 is 39.3 Å². The SMILES string of the molecule is Cc1cc([N+](=O)[O-])cc2c1N[C@H](c1ccc(Br)cc1)[C@@H]1C[C@H](Sc3ccccc3[N+](=O)[O-])[C@H](Cl)[C@@H]21. The lowest BCUT2D eigenvalue weighted by molar-refractivity contribution is -0.387. The number of para-hydroxylation sites is 1. The van der Waals surface area contributed by atoms with Crippen LogP contribution in [0.3, 0.4) is 0 Å². The van der Waals surface area contributed by atoms with Gasteiger partial charge in [0.2, 0.25) is 0 Å². The molecule has 0 radical (unpaired) electrons. The monoisotopic (exact) mass is 573 g/mol. The van der Waals surface area contributed by atoms with Crippen molar-refractivity contribution in [1.29, 1.82) is 0 Å². The Hall–Kier alpha value is -2.62. The molecule has 180 valence electrons. The molecular weight excluding hydrogens is 554 g/mol. The van der Waals surface area contributed by atoms with Crippen molar-refractivity contribution in [2.75, 3.05) is 5.32 Å². The molecule has 10 heteroatoms. The maximum atomic E-state index is 11.6. The number of nitrogens with zero attached hydrogens (tertiary/aromatic N) is 2. The molecule has 0 saturated heterocycles. The van der Waals surface area contributed by atoms with Crippen molar-refractivity contribution in [2.24, 2.45) is 5.92 Å². The number of thioether (sulfide) groups is 1. The Labute approximate surface area is 219 Å². The van der Waals surface area contributed by atoms with Crippen molar-refractivity contribution in [3.63, 3.8) is 0 Å². The first-order chi connectivity index (χ1) is 16.7. The first-order valence-corrected chi connectivity index (χ1v) is 13.2. The second-order valence-corrected chi connectivity index (χ2v) is 11.6. The van der Waals surface area contributed by atoms with Gasteiger partial charge in [-0.15, -0.1) is 23.4 Å². The van der Waals surface area contributed by atoms with E-state index in [-0.39, 0.29) is 49.7 Å². The van der Waals surface area contributed by atoms with Gasteiger partial charge < -0.3 is 5.32 Å². The molecule has 1 heterocycles. The smallest absolute Gasteiger partial charge is 0.282 e. The minimum absolute atomic E-state index is 0.0432. The normalized spacial score (nSPS) is 24.8. The summed E-state index contributed by atoms with van der Waals surface area (Å²) in [6, 6.07) is 18.0. The van der Waals surface area contributed by atoms with Crippen LogP contribution < -0.4 is 5.32 Å². The van der Waals surface area contributed by atoms with Crippen molar-refractivity contribution >= 4 is 56.4 Å². The Morgan fingerprint density at radius 3 is 2.46 bits per heavy atom. The molecule has 1 N–H and O–H groups in total. The number of hydrogen-bond donors (Lipinski definition) is 1. The van der Waals surface area contributed by atoms with Crippen LogP contribution in [0.25, 0.3) is 0 Å². The summed E-state index contributed by atoms with van der Waals surface area (Å²) in [6.45, 7) is 1.87. The Balaban J connectivity index is 1.59. The van der Waals surface area contributed by atoms with Gasteiger partial charge >= 0.3 is 0 Å². The van der Waals surface area contributed by atoms with Gasteiger partial charge in [0, 0.05) is 39.5 Å². The largest absolute Gasteiger partial charge is 0.377 e. The molecule has 0 spiro atoms. The second kappa shape index (κ2) is 9.44. The zero-order valence-electron chi connectivity index (χ0n) is 18.6. The van der Waals surface area contributed by atoms with Crippen LogP contribution in [0.15, 0.2) is 70.0 Å². The number of rotatable bonds is 5. The fraction of sp³-hybridized carbons (Fsp3) is 0.280. The summed E-state index contributed by atoms with van der Waals surface area (Å²) in [5.41, 5.74) is 3.74. The lowest BCUT2D eigenvalue weighted by Crippen LogP contribution is -2.31. The van der Waals surface area contributed by atoms with Crippen LogP contribution in [0, 0.1) is 33.1 Å². The van der Waals surface area contributed by atoms with Gasteiger partial charge in [0.15, 0.2) is 0 Å². The van der Waals surface area contributed by atoms with Crippen LogP contribution in [-0.4, -0.2) is 20.5 Å². The van der Waals surface area contributed by atoms with Crippen molar-refractivity contribution in [1.82, 2.24) is 0 Å². The molecule has 5 atom stereocenters. The van der Waals surface area contributed by atoms with E-state index in [9.17, 15) is 20.2 Å². The highest BCUT2D eigenvalue weighted by atomic mass is 79.9. The van der Waals surface area contributed by atoms with Crippen LogP contribution in [-0.2, 0) is 0 Å². The number of fused-ring (bicyclic) bond motifs is 3. The number of anilines is 1. The van der Waals surface area contributed by atoms with Gasteiger partial charge in [0.25, 0.3) is 11.4 Å². The molecule has 1 saturated carbocycles. The van der Waals surface area contributed by atoms with E-state index in [0.717, 1.165) is 26.9 Å². The third kappa shape index (κ3) is 4.41. The third-order valence-corrected chi connectivity index (χ3v) is 9.52. The fourth-order valence-corrected chi connectivity index (χ4v) is 7.57. The minimum atomic E-state index is -0.374. The highest BCUT2D eigenvalue weighted by Gasteiger charge is 2.51. The lowest BCUT2D eigenvalue weighted by atomic mass is 9.76. The molecule has 1 aliphatic heterocycles. The predicted octanol–water partition coefficient (Wildman–Crippen LogP) is 7.61. The summed E-state index contributed by atoms with van der Waals surface area (Å²) in [4.78, 5) is 23.0. The predicted molar refractivity (Wildman–Crippen MR) is 142 cm³/mol. The summed E-state index contributed by atoms with van der Waals surface area (Å²) >= 11 is 12.0. The number of nitro groups is 2. The molecule has 0 unspecified atom stereocenters. The van der Waals surface area contributed by atoms with Gasteiger partial charge in [-0.05, 0) is 54.2 Å². The maximum absolute atomic E-state index is 11.6. The van der Waals surface area contributed by atoms with Gasteiger partial charge in [-0.25, -0.2) is 0 Å². The Bertz CT molecular complexity index is 1320. The molecule has 3 aromatic carbocycles. The number of aryl methyl sites for hydroxylation is 1. The summed E-state index contributed by atoms with van der Waals surface area (Å²) in [5, 5.41) is 26.4. The van der Waals surface area contributed by atoms with Gasteiger partial charge in [0.05, 0.1) is 26.2 Å². The summed E-state index contributed by atoms with van der Waals surface area (Å²) in [5.74, 6) is -0.0757. The molecule has 0 aromatic heterocycles. The van der Waals surface area contributed by atoms with Crippen molar-refractivity contribution in [3.8, 4) is 0 Å². The van der Waals surface area contributed by atoms with Crippen molar-refractivity contribution < 1.29 is 9.85 Å². The Morgan fingerprint density at radius 2 is 1.77 bits per heavy atom. The minimum Gasteiger partial charge on any atom is -0.377 e. The number of alkyl halides is 1. The molecule has 5 rings (SSSR count). The molecular formula is C25H21BrClN3O4S. The maximum Gasteiger partial charge on any atom is 0.282 e. The highest BCUT2D eigenvalue weighted by molar-refractivity contribution is 9.10. The van der Waals surface area contributed by atoms with E-state index < -0.39 is 0 Å². The van der Waals surface area contributed by atoms with E-state index in [1.807, 2.05) is 19.1 Å². The average Bonchev–Trinajstić information content (AvgIpc) is 3.15. The molecule has 2 aliphatic rings. The fourth-order valence-electron chi connectivity index (χ4n) is 5.37.